The molecule has 0 bridgehead atoms. The van der Waals surface area contributed by atoms with Crippen LogP contribution in [0.25, 0.3) is 0 Å². The SMILES string of the molecule is O=C(CNS(=O)(=O)c1ccc(F)c(Cl)c1)N1CC(N2CCc3sccc3C2)C1. The Bertz CT molecular complexity index is 1010. The number of nitrogens with zero attached hydrogens (tertiary/aromatic N) is 2. The summed E-state index contributed by atoms with van der Waals surface area (Å²) in [6.07, 6.45) is 1.04. The first-order chi connectivity index (χ1) is 13.3. The van der Waals surface area contributed by atoms with E-state index >= 15 is 0 Å². The van der Waals surface area contributed by atoms with Crippen molar-refractivity contribution in [3.8, 4) is 0 Å². The first kappa shape index (κ1) is 19.8. The molecule has 4 rings (SSSR count). The lowest BCUT2D eigenvalue weighted by Gasteiger charge is -2.46. The van der Waals surface area contributed by atoms with E-state index in [1.807, 2.05) is 0 Å². The number of halogens is 2. The van der Waals surface area contributed by atoms with Crippen LogP contribution in [0.5, 0.6) is 0 Å². The van der Waals surface area contributed by atoms with Crippen molar-refractivity contribution in [2.45, 2.75) is 23.9 Å². The van der Waals surface area contributed by atoms with Gasteiger partial charge in [0.05, 0.1) is 16.5 Å². The van der Waals surface area contributed by atoms with Gasteiger partial charge in [-0.3, -0.25) is 9.69 Å². The fraction of sp³-hybridized carbons (Fsp3) is 0.389. The summed E-state index contributed by atoms with van der Waals surface area (Å²) in [6, 6.07) is 5.59. The number of nitrogens with one attached hydrogen (secondary N) is 1. The van der Waals surface area contributed by atoms with Crippen molar-refractivity contribution < 1.29 is 17.6 Å². The number of amides is 1. The van der Waals surface area contributed by atoms with Gasteiger partial charge in [0.1, 0.15) is 5.82 Å². The minimum Gasteiger partial charge on any atom is -0.338 e. The van der Waals surface area contributed by atoms with Crippen LogP contribution in [0.1, 0.15) is 10.4 Å². The van der Waals surface area contributed by atoms with Crippen LogP contribution in [0.4, 0.5) is 4.39 Å². The minimum atomic E-state index is -3.93. The van der Waals surface area contributed by atoms with E-state index < -0.39 is 15.8 Å². The molecule has 1 N–H and O–H groups in total. The average Bonchev–Trinajstić information content (AvgIpc) is 3.09. The highest BCUT2D eigenvalue weighted by Gasteiger charge is 2.36. The molecule has 1 fully saturated rings. The third-order valence-corrected chi connectivity index (χ3v) is 7.89. The molecule has 1 aromatic carbocycles. The molecule has 1 aromatic heterocycles. The first-order valence-corrected chi connectivity index (χ1v) is 11.6. The van der Waals surface area contributed by atoms with Crippen LogP contribution >= 0.6 is 22.9 Å². The highest BCUT2D eigenvalue weighted by Crippen LogP contribution is 2.27. The van der Waals surface area contributed by atoms with E-state index in [1.165, 1.54) is 10.4 Å². The molecule has 3 heterocycles. The third-order valence-electron chi connectivity index (χ3n) is 5.18. The van der Waals surface area contributed by atoms with Gasteiger partial charge in [0.15, 0.2) is 0 Å². The maximum absolute atomic E-state index is 13.2. The molecule has 2 aromatic rings. The summed E-state index contributed by atoms with van der Waals surface area (Å²) in [6.45, 7) is 2.76. The highest BCUT2D eigenvalue weighted by molar-refractivity contribution is 7.89. The number of rotatable bonds is 5. The van der Waals surface area contributed by atoms with E-state index in [9.17, 15) is 17.6 Å². The summed E-state index contributed by atoms with van der Waals surface area (Å²) in [5, 5.41) is 1.83. The van der Waals surface area contributed by atoms with E-state index in [-0.39, 0.29) is 22.4 Å². The Balaban J connectivity index is 1.28. The Morgan fingerprint density at radius 3 is 2.86 bits per heavy atom. The summed E-state index contributed by atoms with van der Waals surface area (Å²) in [4.78, 5) is 17.6. The quantitative estimate of drug-likeness (QED) is 0.768. The number of carbonyl (C=O) groups is 1. The van der Waals surface area contributed by atoms with Crippen molar-refractivity contribution in [3.05, 3.63) is 50.9 Å². The largest absolute Gasteiger partial charge is 0.338 e. The zero-order valence-corrected chi connectivity index (χ0v) is 17.3. The minimum absolute atomic E-state index is 0.173. The molecule has 0 spiro atoms. The molecule has 2 aliphatic heterocycles. The van der Waals surface area contributed by atoms with E-state index in [0.29, 0.717) is 19.1 Å². The Kier molecular flexibility index (Phi) is 5.45. The van der Waals surface area contributed by atoms with E-state index in [4.69, 9.17) is 11.6 Å². The van der Waals surface area contributed by atoms with Gasteiger partial charge in [-0.15, -0.1) is 11.3 Å². The van der Waals surface area contributed by atoms with Crippen LogP contribution in [0.2, 0.25) is 5.02 Å². The van der Waals surface area contributed by atoms with Gasteiger partial charge in [0.25, 0.3) is 0 Å². The van der Waals surface area contributed by atoms with Gasteiger partial charge < -0.3 is 4.90 Å². The lowest BCUT2D eigenvalue weighted by atomic mass is 10.0. The predicted octanol–water partition coefficient (Wildman–Crippen LogP) is 2.09. The second kappa shape index (κ2) is 7.72. The third kappa shape index (κ3) is 3.95. The van der Waals surface area contributed by atoms with Crippen LogP contribution in [-0.2, 0) is 27.8 Å². The summed E-state index contributed by atoms with van der Waals surface area (Å²) >= 11 is 7.43. The zero-order chi connectivity index (χ0) is 19.9. The van der Waals surface area contributed by atoms with Crippen molar-refractivity contribution in [1.82, 2.24) is 14.5 Å². The second-order valence-corrected chi connectivity index (χ2v) is 10.1. The Hall–Kier alpha value is -1.52. The molecule has 10 heteroatoms. The Morgan fingerprint density at radius 2 is 2.11 bits per heavy atom. The summed E-state index contributed by atoms with van der Waals surface area (Å²) in [5.74, 6) is -0.975. The van der Waals surface area contributed by atoms with Crippen LogP contribution in [0, 0.1) is 5.82 Å². The van der Waals surface area contributed by atoms with Crippen LogP contribution in [0.3, 0.4) is 0 Å². The number of fused-ring (bicyclic) bond motifs is 1. The van der Waals surface area contributed by atoms with Gasteiger partial charge in [0, 0.05) is 37.1 Å². The van der Waals surface area contributed by atoms with Gasteiger partial charge in [-0.2, -0.15) is 0 Å². The number of likely N-dealkylation sites (tertiary alicyclic amines) is 1. The Morgan fingerprint density at radius 1 is 1.32 bits per heavy atom. The highest BCUT2D eigenvalue weighted by atomic mass is 35.5. The number of hydrogen-bond acceptors (Lipinski definition) is 5. The fourth-order valence-corrected chi connectivity index (χ4v) is 5.60. The normalized spacial score (nSPS) is 18.0. The first-order valence-electron chi connectivity index (χ1n) is 8.85. The van der Waals surface area contributed by atoms with E-state index in [1.54, 1.807) is 16.2 Å². The fourth-order valence-electron chi connectivity index (χ4n) is 3.47. The topological polar surface area (TPSA) is 69.7 Å². The summed E-state index contributed by atoms with van der Waals surface area (Å²) in [5.41, 5.74) is 1.37. The van der Waals surface area contributed by atoms with Crippen molar-refractivity contribution in [2.24, 2.45) is 0 Å². The maximum atomic E-state index is 13.2. The van der Waals surface area contributed by atoms with E-state index in [2.05, 4.69) is 21.1 Å². The molecule has 1 amide bonds. The van der Waals surface area contributed by atoms with Crippen molar-refractivity contribution in [3.63, 3.8) is 0 Å². The molecule has 0 unspecified atom stereocenters. The standard InChI is InChI=1S/C18H19ClFN3O3S2/c19-15-7-14(1-2-16(15)20)28(25,26)21-8-18(24)23-10-13(11-23)22-5-3-17-12(9-22)4-6-27-17/h1-2,4,6-7,13,21H,3,5,8-11H2. The summed E-state index contributed by atoms with van der Waals surface area (Å²) < 4.78 is 40.0. The number of hydrogen-bond donors (Lipinski definition) is 1. The van der Waals surface area contributed by atoms with Gasteiger partial charge in [-0.25, -0.2) is 17.5 Å². The van der Waals surface area contributed by atoms with Gasteiger partial charge in [-0.05, 0) is 41.6 Å². The number of benzene rings is 1. The molecule has 0 radical (unpaired) electrons. The average molecular weight is 444 g/mol. The molecule has 28 heavy (non-hydrogen) atoms. The monoisotopic (exact) mass is 443 g/mol. The molecule has 150 valence electrons. The smallest absolute Gasteiger partial charge is 0.241 e. The zero-order valence-electron chi connectivity index (χ0n) is 14.9. The molecule has 0 saturated carbocycles. The molecular weight excluding hydrogens is 425 g/mol. The molecule has 0 atom stereocenters. The van der Waals surface area contributed by atoms with Crippen LogP contribution < -0.4 is 4.72 Å². The molecule has 6 nitrogen and oxygen atoms in total. The number of thiophene rings is 1. The number of sulfonamides is 1. The molecule has 1 saturated heterocycles. The maximum Gasteiger partial charge on any atom is 0.241 e. The van der Waals surface area contributed by atoms with Crippen molar-refractivity contribution in [2.75, 3.05) is 26.2 Å². The van der Waals surface area contributed by atoms with Crippen molar-refractivity contribution >= 4 is 38.9 Å². The Labute approximate surface area is 171 Å². The second-order valence-electron chi connectivity index (χ2n) is 6.94. The van der Waals surface area contributed by atoms with Gasteiger partial charge in [-0.1, -0.05) is 11.6 Å². The van der Waals surface area contributed by atoms with Gasteiger partial charge >= 0.3 is 0 Å². The van der Waals surface area contributed by atoms with Gasteiger partial charge in [0.2, 0.25) is 15.9 Å². The lowest BCUT2D eigenvalue weighted by Crippen LogP contribution is -2.62. The molecule has 0 aliphatic carbocycles. The number of carbonyl (C=O) groups excluding carboxylic acids is 1. The molecule has 2 aliphatic rings. The lowest BCUT2D eigenvalue weighted by molar-refractivity contribution is -0.137. The van der Waals surface area contributed by atoms with E-state index in [0.717, 1.165) is 37.7 Å². The van der Waals surface area contributed by atoms with Crippen LogP contribution in [0.15, 0.2) is 34.5 Å². The summed E-state index contributed by atoms with van der Waals surface area (Å²) in [7, 11) is -3.93. The predicted molar refractivity (Wildman–Crippen MR) is 105 cm³/mol. The van der Waals surface area contributed by atoms with Crippen molar-refractivity contribution in [1.29, 1.82) is 0 Å². The van der Waals surface area contributed by atoms with Crippen LogP contribution in [-0.4, -0.2) is 56.3 Å². The molecular formula is C18H19ClFN3O3S2.